The Labute approximate surface area is 211 Å². The third kappa shape index (κ3) is 3.53. The van der Waals surface area contributed by atoms with Crippen molar-refractivity contribution in [2.24, 2.45) is 0 Å². The molecule has 5 heterocycles. The number of nitrogens with zero attached hydrogens (tertiary/aromatic N) is 4. The maximum atomic E-state index is 13.6. The molecule has 1 saturated carbocycles. The van der Waals surface area contributed by atoms with Gasteiger partial charge in [0.15, 0.2) is 0 Å². The standard InChI is InChI=1S/C25H26N6O4S/c1-3-30(12-15-6-9-35-15)24(34)18-11-16-20(26-13-27-22(16)36-18)28-17-10-14(2)19-21(32)29-25(7-4-5-8-25)31(19)23(17)33/h3,10-11,13,15H,1,4-9,12H2,2H3,(H,29,32)(H,26,27,28)/t15-/m1/s1. The van der Waals surface area contributed by atoms with Crippen molar-refractivity contribution in [3.05, 3.63) is 57.7 Å². The lowest BCUT2D eigenvalue weighted by molar-refractivity contribution is -0.0583. The first-order chi connectivity index (χ1) is 17.4. The second-order valence-corrected chi connectivity index (χ2v) is 10.6. The number of rotatable bonds is 6. The fourth-order valence-electron chi connectivity index (χ4n) is 5.38. The number of thiophene rings is 1. The summed E-state index contributed by atoms with van der Waals surface area (Å²) < 4.78 is 7.09. The molecule has 3 aromatic rings. The first-order valence-electron chi connectivity index (χ1n) is 12.1. The van der Waals surface area contributed by atoms with Crippen LogP contribution in [0.4, 0.5) is 11.5 Å². The molecule has 3 aliphatic rings. The number of hydrogen-bond donors (Lipinski definition) is 2. The van der Waals surface area contributed by atoms with E-state index in [9.17, 15) is 14.4 Å². The first-order valence-corrected chi connectivity index (χ1v) is 12.9. The van der Waals surface area contributed by atoms with Crippen LogP contribution in [-0.4, -0.2) is 50.5 Å². The molecule has 0 radical (unpaired) electrons. The predicted octanol–water partition coefficient (Wildman–Crippen LogP) is 3.25. The van der Waals surface area contributed by atoms with E-state index in [0.717, 1.165) is 32.1 Å². The number of carbonyl (C=O) groups excluding carboxylic acids is 2. The molecule has 36 heavy (non-hydrogen) atoms. The summed E-state index contributed by atoms with van der Waals surface area (Å²) in [7, 11) is 0. The number of aryl methyl sites for hydroxylation is 1. The van der Waals surface area contributed by atoms with E-state index in [1.807, 2.05) is 6.92 Å². The van der Waals surface area contributed by atoms with Gasteiger partial charge in [0.05, 0.1) is 22.9 Å². The van der Waals surface area contributed by atoms with E-state index in [-0.39, 0.29) is 23.5 Å². The lowest BCUT2D eigenvalue weighted by atomic mass is 10.1. The van der Waals surface area contributed by atoms with Crippen molar-refractivity contribution in [1.29, 1.82) is 0 Å². The summed E-state index contributed by atoms with van der Waals surface area (Å²) in [6, 6.07) is 3.43. The molecule has 1 atom stereocenters. The van der Waals surface area contributed by atoms with E-state index < -0.39 is 5.66 Å². The molecule has 1 aliphatic carbocycles. The average Bonchev–Trinajstić information content (AvgIpc) is 3.54. The van der Waals surface area contributed by atoms with Gasteiger partial charge in [-0.15, -0.1) is 11.3 Å². The molecular formula is C25H26N6O4S. The summed E-state index contributed by atoms with van der Waals surface area (Å²) in [5.41, 5.74) is 0.529. The summed E-state index contributed by atoms with van der Waals surface area (Å²) in [6.07, 6.45) is 7.24. The third-order valence-electron chi connectivity index (χ3n) is 7.28. The molecule has 6 rings (SSSR count). The maximum Gasteiger partial charge on any atom is 0.276 e. The van der Waals surface area contributed by atoms with Crippen LogP contribution in [0.2, 0.25) is 0 Å². The minimum Gasteiger partial charge on any atom is -0.376 e. The van der Waals surface area contributed by atoms with Crippen molar-refractivity contribution in [2.45, 2.75) is 50.8 Å². The van der Waals surface area contributed by atoms with E-state index in [2.05, 4.69) is 27.2 Å². The van der Waals surface area contributed by atoms with Gasteiger partial charge in [-0.2, -0.15) is 0 Å². The molecule has 10 nitrogen and oxygen atoms in total. The summed E-state index contributed by atoms with van der Waals surface area (Å²) in [5.74, 6) is 0.0378. The molecule has 2 amide bonds. The molecule has 0 aromatic carbocycles. The highest BCUT2D eigenvalue weighted by Crippen LogP contribution is 2.39. The third-order valence-corrected chi connectivity index (χ3v) is 8.31. The average molecular weight is 507 g/mol. The van der Waals surface area contributed by atoms with Gasteiger partial charge in [-0.05, 0) is 56.7 Å². The summed E-state index contributed by atoms with van der Waals surface area (Å²) in [6.45, 7) is 6.77. The second kappa shape index (κ2) is 8.52. The maximum absolute atomic E-state index is 13.6. The molecule has 0 bridgehead atoms. The lowest BCUT2D eigenvalue weighted by Gasteiger charge is -2.30. The van der Waals surface area contributed by atoms with Crippen molar-refractivity contribution in [1.82, 2.24) is 24.8 Å². The fourth-order valence-corrected chi connectivity index (χ4v) is 6.33. The Morgan fingerprint density at radius 1 is 1.36 bits per heavy atom. The Hall–Kier alpha value is -3.57. The number of anilines is 2. The van der Waals surface area contributed by atoms with Crippen LogP contribution in [0.1, 0.15) is 57.8 Å². The van der Waals surface area contributed by atoms with Crippen LogP contribution in [0.5, 0.6) is 0 Å². The number of carbonyl (C=O) groups is 2. The van der Waals surface area contributed by atoms with Crippen LogP contribution in [0.25, 0.3) is 10.2 Å². The van der Waals surface area contributed by atoms with Crippen LogP contribution in [-0.2, 0) is 10.4 Å². The summed E-state index contributed by atoms with van der Waals surface area (Å²) in [5, 5.41) is 6.88. The zero-order chi connectivity index (χ0) is 25.0. The Balaban J connectivity index is 1.36. The van der Waals surface area contributed by atoms with Gasteiger partial charge in [0.1, 0.15) is 34.0 Å². The zero-order valence-electron chi connectivity index (χ0n) is 19.9. The van der Waals surface area contributed by atoms with Crippen molar-refractivity contribution in [3.63, 3.8) is 0 Å². The SMILES string of the molecule is C=CN(C[C@H]1CCO1)C(=O)c1cc2c(Nc3cc(C)c4n(c3=O)C3(CCCC3)NC4=O)ncnc2s1. The van der Waals surface area contributed by atoms with Crippen molar-refractivity contribution >= 4 is 44.9 Å². The molecule has 1 saturated heterocycles. The Morgan fingerprint density at radius 2 is 2.14 bits per heavy atom. The fraction of sp³-hybridized carbons (Fsp3) is 0.400. The monoisotopic (exact) mass is 506 g/mol. The molecule has 3 aromatic heterocycles. The van der Waals surface area contributed by atoms with E-state index >= 15 is 0 Å². The predicted molar refractivity (Wildman–Crippen MR) is 136 cm³/mol. The largest absolute Gasteiger partial charge is 0.376 e. The van der Waals surface area contributed by atoms with E-state index in [0.29, 0.717) is 51.0 Å². The van der Waals surface area contributed by atoms with Gasteiger partial charge in [0.25, 0.3) is 17.4 Å². The molecule has 2 fully saturated rings. The first kappa shape index (κ1) is 22.9. The molecule has 0 unspecified atom stereocenters. The van der Waals surface area contributed by atoms with Crippen LogP contribution >= 0.6 is 11.3 Å². The van der Waals surface area contributed by atoms with E-state index in [4.69, 9.17) is 4.74 Å². The van der Waals surface area contributed by atoms with Gasteiger partial charge in [-0.3, -0.25) is 19.0 Å². The second-order valence-electron chi connectivity index (χ2n) is 9.52. The Bertz CT molecular complexity index is 1470. The molecule has 1 spiro atoms. The van der Waals surface area contributed by atoms with E-state index in [1.165, 1.54) is 23.9 Å². The van der Waals surface area contributed by atoms with Gasteiger partial charge in [0.2, 0.25) is 0 Å². The number of hydrogen-bond acceptors (Lipinski definition) is 8. The molecule has 186 valence electrons. The molecule has 2 N–H and O–H groups in total. The number of nitrogens with one attached hydrogen (secondary N) is 2. The topological polar surface area (TPSA) is 118 Å². The highest BCUT2D eigenvalue weighted by molar-refractivity contribution is 7.20. The highest BCUT2D eigenvalue weighted by atomic mass is 32.1. The molecule has 2 aliphatic heterocycles. The van der Waals surface area contributed by atoms with Crippen molar-refractivity contribution in [3.8, 4) is 0 Å². The number of aromatic nitrogens is 3. The number of amides is 2. The quantitative estimate of drug-likeness (QED) is 0.527. The number of pyridine rings is 1. The van der Waals surface area contributed by atoms with Crippen LogP contribution in [0.15, 0.2) is 36.0 Å². The number of ether oxygens (including phenoxy) is 1. The van der Waals surface area contributed by atoms with E-state index in [1.54, 1.807) is 21.6 Å². The minimum absolute atomic E-state index is 0.0268. The lowest BCUT2D eigenvalue weighted by Crippen LogP contribution is -2.45. The van der Waals surface area contributed by atoms with Gasteiger partial charge in [0, 0.05) is 12.8 Å². The van der Waals surface area contributed by atoms with Gasteiger partial charge >= 0.3 is 0 Å². The normalized spacial score (nSPS) is 19.7. The zero-order valence-corrected chi connectivity index (χ0v) is 20.7. The summed E-state index contributed by atoms with van der Waals surface area (Å²) >= 11 is 1.26. The van der Waals surface area contributed by atoms with Gasteiger partial charge in [-0.25, -0.2) is 9.97 Å². The van der Waals surface area contributed by atoms with Gasteiger partial charge in [-0.1, -0.05) is 6.58 Å². The van der Waals surface area contributed by atoms with Gasteiger partial charge < -0.3 is 20.3 Å². The van der Waals surface area contributed by atoms with Crippen LogP contribution in [0.3, 0.4) is 0 Å². The smallest absolute Gasteiger partial charge is 0.276 e. The van der Waals surface area contributed by atoms with Crippen molar-refractivity contribution in [2.75, 3.05) is 18.5 Å². The Morgan fingerprint density at radius 3 is 2.83 bits per heavy atom. The van der Waals surface area contributed by atoms with Crippen LogP contribution < -0.4 is 16.2 Å². The molecular weight excluding hydrogens is 480 g/mol. The number of fused-ring (bicyclic) bond motifs is 3. The molecule has 11 heteroatoms. The minimum atomic E-state index is -0.660. The highest BCUT2D eigenvalue weighted by Gasteiger charge is 2.46. The summed E-state index contributed by atoms with van der Waals surface area (Å²) in [4.78, 5) is 50.9. The van der Waals surface area contributed by atoms with Crippen molar-refractivity contribution < 1.29 is 14.3 Å². The van der Waals surface area contributed by atoms with Crippen LogP contribution in [0, 0.1) is 6.92 Å². The Kier molecular flexibility index (Phi) is 5.41.